The molecule has 1 atom stereocenters. The van der Waals surface area contributed by atoms with Crippen LogP contribution in [-0.4, -0.2) is 51.2 Å². The lowest BCUT2D eigenvalue weighted by Gasteiger charge is -2.30. The van der Waals surface area contributed by atoms with Crippen LogP contribution in [-0.2, 0) is 14.6 Å². The molecule has 0 aromatic heterocycles. The molecular formula is C28H31ClN2O4S. The minimum atomic E-state index is -3.34. The van der Waals surface area contributed by atoms with Crippen molar-refractivity contribution in [2.24, 2.45) is 5.73 Å². The summed E-state index contributed by atoms with van der Waals surface area (Å²) in [5, 5.41) is 0.475. The Morgan fingerprint density at radius 1 is 1.03 bits per heavy atom. The normalized spacial score (nSPS) is 16.0. The summed E-state index contributed by atoms with van der Waals surface area (Å²) in [6.07, 6.45) is 2.09. The first-order valence-corrected chi connectivity index (χ1v) is 14.1. The van der Waals surface area contributed by atoms with Gasteiger partial charge in [0.2, 0.25) is 5.91 Å². The SMILES string of the molecule is CCS(=O)(=O)c1ccc(C(C(N)=O)c2ccc(-c3ccccc3OC3CCN(C)CC3)c(Cl)c2)cc1. The van der Waals surface area contributed by atoms with Gasteiger partial charge in [0.05, 0.1) is 16.6 Å². The number of rotatable bonds is 8. The van der Waals surface area contributed by atoms with Gasteiger partial charge < -0.3 is 15.4 Å². The first kappa shape index (κ1) is 26.2. The third kappa shape index (κ3) is 5.75. The summed E-state index contributed by atoms with van der Waals surface area (Å²) < 4.78 is 30.7. The first-order valence-electron chi connectivity index (χ1n) is 12.1. The molecule has 190 valence electrons. The van der Waals surface area contributed by atoms with Gasteiger partial charge in [0.15, 0.2) is 9.84 Å². The van der Waals surface area contributed by atoms with Crippen LogP contribution in [0.4, 0.5) is 0 Å². The van der Waals surface area contributed by atoms with Gasteiger partial charge in [0, 0.05) is 29.2 Å². The van der Waals surface area contributed by atoms with E-state index < -0.39 is 21.7 Å². The van der Waals surface area contributed by atoms with E-state index in [4.69, 9.17) is 22.1 Å². The lowest BCUT2D eigenvalue weighted by Crippen LogP contribution is -2.35. The molecule has 0 aliphatic carbocycles. The Hall–Kier alpha value is -2.87. The largest absolute Gasteiger partial charge is 0.490 e. The maximum Gasteiger partial charge on any atom is 0.229 e. The van der Waals surface area contributed by atoms with Crippen molar-refractivity contribution in [3.63, 3.8) is 0 Å². The second-order valence-electron chi connectivity index (χ2n) is 9.16. The average molecular weight is 527 g/mol. The Kier molecular flexibility index (Phi) is 8.03. The maximum atomic E-state index is 12.4. The molecule has 1 amide bonds. The highest BCUT2D eigenvalue weighted by atomic mass is 35.5. The third-order valence-corrected chi connectivity index (χ3v) is 8.76. The highest BCUT2D eigenvalue weighted by molar-refractivity contribution is 7.91. The number of hydrogen-bond donors (Lipinski definition) is 1. The molecule has 1 unspecified atom stereocenters. The fourth-order valence-corrected chi connectivity index (χ4v) is 5.73. The predicted molar refractivity (Wildman–Crippen MR) is 143 cm³/mol. The second kappa shape index (κ2) is 11.0. The van der Waals surface area contributed by atoms with Gasteiger partial charge in [-0.1, -0.05) is 61.0 Å². The number of halogens is 1. The van der Waals surface area contributed by atoms with Crippen molar-refractivity contribution in [1.82, 2.24) is 4.90 Å². The van der Waals surface area contributed by atoms with Crippen LogP contribution in [0.3, 0.4) is 0 Å². The third-order valence-electron chi connectivity index (χ3n) is 6.70. The van der Waals surface area contributed by atoms with Crippen LogP contribution < -0.4 is 10.5 Å². The molecule has 1 fully saturated rings. The van der Waals surface area contributed by atoms with E-state index >= 15 is 0 Å². The molecule has 0 radical (unpaired) electrons. The van der Waals surface area contributed by atoms with Crippen molar-refractivity contribution in [2.75, 3.05) is 25.9 Å². The van der Waals surface area contributed by atoms with Crippen LogP contribution >= 0.6 is 11.6 Å². The lowest BCUT2D eigenvalue weighted by molar-refractivity contribution is -0.118. The molecule has 1 heterocycles. The number of para-hydroxylation sites is 1. The molecule has 2 N–H and O–H groups in total. The minimum Gasteiger partial charge on any atom is -0.490 e. The predicted octanol–water partition coefficient (Wildman–Crippen LogP) is 4.89. The standard InChI is InChI=1S/C28H31ClN2O4S/c1-3-36(33,34)22-11-8-19(9-12-22)27(28(30)32)20-10-13-23(25(29)18-20)24-6-4-5-7-26(24)35-21-14-16-31(2)17-15-21/h4-13,18,21,27H,3,14-17H2,1-2H3,(H2,30,32). The topological polar surface area (TPSA) is 89.7 Å². The lowest BCUT2D eigenvalue weighted by atomic mass is 9.89. The zero-order valence-corrected chi connectivity index (χ0v) is 22.1. The van der Waals surface area contributed by atoms with Gasteiger partial charge in [-0.05, 0) is 55.3 Å². The number of hydrogen-bond acceptors (Lipinski definition) is 5. The molecule has 6 nitrogen and oxygen atoms in total. The van der Waals surface area contributed by atoms with Crippen molar-refractivity contribution in [3.8, 4) is 16.9 Å². The van der Waals surface area contributed by atoms with E-state index in [2.05, 4.69) is 11.9 Å². The van der Waals surface area contributed by atoms with Gasteiger partial charge in [-0.15, -0.1) is 0 Å². The number of benzene rings is 3. The van der Waals surface area contributed by atoms with Gasteiger partial charge in [-0.3, -0.25) is 4.79 Å². The molecule has 0 spiro atoms. The first-order chi connectivity index (χ1) is 17.2. The number of piperidine rings is 1. The van der Waals surface area contributed by atoms with Crippen LogP contribution in [0, 0.1) is 0 Å². The van der Waals surface area contributed by atoms with E-state index in [9.17, 15) is 13.2 Å². The summed E-state index contributed by atoms with van der Waals surface area (Å²) >= 11 is 6.74. The molecule has 36 heavy (non-hydrogen) atoms. The number of nitrogens with zero attached hydrogens (tertiary/aromatic N) is 1. The van der Waals surface area contributed by atoms with E-state index in [-0.39, 0.29) is 16.8 Å². The van der Waals surface area contributed by atoms with Crippen LogP contribution in [0.5, 0.6) is 5.75 Å². The monoisotopic (exact) mass is 526 g/mol. The minimum absolute atomic E-state index is 0.00560. The maximum absolute atomic E-state index is 12.4. The zero-order valence-electron chi connectivity index (χ0n) is 20.5. The van der Waals surface area contributed by atoms with Gasteiger partial charge in [-0.2, -0.15) is 0 Å². The second-order valence-corrected chi connectivity index (χ2v) is 11.8. The van der Waals surface area contributed by atoms with Crippen molar-refractivity contribution in [3.05, 3.63) is 82.9 Å². The van der Waals surface area contributed by atoms with E-state index in [0.29, 0.717) is 16.1 Å². The molecular weight excluding hydrogens is 496 g/mol. The zero-order chi connectivity index (χ0) is 25.9. The Morgan fingerprint density at radius 3 is 2.28 bits per heavy atom. The molecule has 0 saturated carbocycles. The van der Waals surface area contributed by atoms with Crippen molar-refractivity contribution in [2.45, 2.75) is 36.7 Å². The van der Waals surface area contributed by atoms with Crippen molar-refractivity contribution in [1.29, 1.82) is 0 Å². The quantitative estimate of drug-likeness (QED) is 0.451. The number of carbonyl (C=O) groups is 1. The number of amides is 1. The molecule has 1 aliphatic rings. The van der Waals surface area contributed by atoms with Crippen LogP contribution in [0.2, 0.25) is 5.02 Å². The number of primary amides is 1. The Balaban J connectivity index is 1.63. The molecule has 3 aromatic rings. The highest BCUT2D eigenvalue weighted by Crippen LogP contribution is 2.38. The Bertz CT molecular complexity index is 1330. The van der Waals surface area contributed by atoms with E-state index in [1.165, 1.54) is 12.1 Å². The number of sulfone groups is 1. The fraction of sp³-hybridized carbons (Fsp3) is 0.321. The van der Waals surface area contributed by atoms with E-state index in [0.717, 1.165) is 42.8 Å². The summed E-state index contributed by atoms with van der Waals surface area (Å²) in [6.45, 7) is 3.60. The fourth-order valence-electron chi connectivity index (χ4n) is 4.56. The molecule has 0 bridgehead atoms. The van der Waals surface area contributed by atoms with E-state index in [1.807, 2.05) is 36.4 Å². The summed E-state index contributed by atoms with van der Waals surface area (Å²) in [5.74, 6) is -0.525. The molecule has 3 aromatic carbocycles. The number of nitrogens with two attached hydrogens (primary N) is 1. The Morgan fingerprint density at radius 2 is 1.67 bits per heavy atom. The molecule has 1 saturated heterocycles. The van der Waals surface area contributed by atoms with Crippen LogP contribution in [0.1, 0.15) is 36.8 Å². The van der Waals surface area contributed by atoms with Crippen LogP contribution in [0.25, 0.3) is 11.1 Å². The summed E-state index contributed by atoms with van der Waals surface area (Å²) in [6, 6.07) is 19.6. The average Bonchev–Trinajstić information content (AvgIpc) is 2.86. The van der Waals surface area contributed by atoms with Gasteiger partial charge in [0.25, 0.3) is 0 Å². The number of likely N-dealkylation sites (tertiary alicyclic amines) is 1. The van der Waals surface area contributed by atoms with Crippen molar-refractivity contribution < 1.29 is 17.9 Å². The molecule has 8 heteroatoms. The summed E-state index contributed by atoms with van der Waals surface area (Å²) in [7, 11) is -1.22. The van der Waals surface area contributed by atoms with Crippen molar-refractivity contribution >= 4 is 27.3 Å². The number of carbonyl (C=O) groups excluding carboxylic acids is 1. The van der Waals surface area contributed by atoms with E-state index in [1.54, 1.807) is 25.1 Å². The smallest absolute Gasteiger partial charge is 0.229 e. The van der Waals surface area contributed by atoms with Gasteiger partial charge >= 0.3 is 0 Å². The summed E-state index contributed by atoms with van der Waals surface area (Å²) in [4.78, 5) is 15.0. The van der Waals surface area contributed by atoms with Gasteiger partial charge in [0.1, 0.15) is 11.9 Å². The Labute approximate surface area is 217 Å². The summed E-state index contributed by atoms with van der Waals surface area (Å²) in [5.41, 5.74) is 8.69. The number of ether oxygens (including phenoxy) is 1. The van der Waals surface area contributed by atoms with Gasteiger partial charge in [-0.25, -0.2) is 8.42 Å². The highest BCUT2D eigenvalue weighted by Gasteiger charge is 2.24. The molecule has 1 aliphatic heterocycles. The molecule has 4 rings (SSSR count). The van der Waals surface area contributed by atoms with Crippen LogP contribution in [0.15, 0.2) is 71.6 Å².